The predicted molar refractivity (Wildman–Crippen MR) is 91.2 cm³/mol. The van der Waals surface area contributed by atoms with E-state index in [1.807, 2.05) is 31.2 Å². The second-order valence-corrected chi connectivity index (χ2v) is 4.79. The number of phenolic OH excluding ortho intramolecular Hbond substituents is 1. The Hall–Kier alpha value is -2.89. The quantitative estimate of drug-likeness (QED) is 0.563. The van der Waals surface area contributed by atoms with Crippen LogP contribution < -0.4 is 20.5 Å². The van der Waals surface area contributed by atoms with Crippen LogP contribution in [0.4, 0.5) is 5.69 Å². The van der Waals surface area contributed by atoms with Gasteiger partial charge in [0.2, 0.25) is 0 Å². The predicted octanol–water partition coefficient (Wildman–Crippen LogP) is 2.73. The first-order valence-electron chi connectivity index (χ1n) is 7.28. The summed E-state index contributed by atoms with van der Waals surface area (Å²) in [5.41, 5.74) is 7.60. The normalized spacial score (nSPS) is 11.1. The smallest absolute Gasteiger partial charge is 0.193 e. The molecule has 4 N–H and O–H groups in total. The third kappa shape index (κ3) is 4.81. The summed E-state index contributed by atoms with van der Waals surface area (Å²) in [6, 6.07) is 12.5. The highest BCUT2D eigenvalue weighted by atomic mass is 16.5. The zero-order valence-electron chi connectivity index (χ0n) is 13.2. The van der Waals surface area contributed by atoms with Gasteiger partial charge in [0, 0.05) is 5.69 Å². The number of hydrogen-bond acceptors (Lipinski definition) is 4. The molecule has 0 aromatic heterocycles. The second-order valence-electron chi connectivity index (χ2n) is 4.79. The third-order valence-electron chi connectivity index (χ3n) is 3.12. The molecule has 0 unspecified atom stereocenters. The first kappa shape index (κ1) is 16.5. The van der Waals surface area contributed by atoms with Gasteiger partial charge in [0.15, 0.2) is 17.5 Å². The number of nitrogens with one attached hydrogen (secondary N) is 1. The number of benzene rings is 2. The zero-order valence-corrected chi connectivity index (χ0v) is 13.2. The van der Waals surface area contributed by atoms with Gasteiger partial charge in [0.1, 0.15) is 5.75 Å². The van der Waals surface area contributed by atoms with Gasteiger partial charge in [-0.2, -0.15) is 0 Å². The zero-order chi connectivity index (χ0) is 16.7. The van der Waals surface area contributed by atoms with Crippen molar-refractivity contribution in [3.63, 3.8) is 0 Å². The van der Waals surface area contributed by atoms with Gasteiger partial charge in [-0.1, -0.05) is 6.07 Å². The molecule has 0 spiro atoms. The van der Waals surface area contributed by atoms with Gasteiger partial charge in [-0.25, -0.2) is 4.99 Å². The highest BCUT2D eigenvalue weighted by Gasteiger charge is 2.03. The molecule has 0 aliphatic heterocycles. The number of hydrogen-bond donors (Lipinski definition) is 3. The summed E-state index contributed by atoms with van der Waals surface area (Å²) < 4.78 is 10.4. The molecule has 0 aliphatic carbocycles. The Bertz CT molecular complexity index is 669. The molecule has 0 bridgehead atoms. The summed E-state index contributed by atoms with van der Waals surface area (Å²) in [7, 11) is 1.62. The Morgan fingerprint density at radius 2 is 1.96 bits per heavy atom. The van der Waals surface area contributed by atoms with Crippen LogP contribution in [0.2, 0.25) is 0 Å². The molecule has 0 saturated carbocycles. The number of methoxy groups -OCH3 is 1. The average molecular weight is 315 g/mol. The van der Waals surface area contributed by atoms with Crippen molar-refractivity contribution in [2.75, 3.05) is 19.0 Å². The molecule has 0 radical (unpaired) electrons. The average Bonchev–Trinajstić information content (AvgIpc) is 2.56. The van der Waals surface area contributed by atoms with Gasteiger partial charge in [-0.3, -0.25) is 0 Å². The number of phenols is 1. The van der Waals surface area contributed by atoms with Gasteiger partial charge in [0.25, 0.3) is 0 Å². The van der Waals surface area contributed by atoms with Crippen molar-refractivity contribution in [1.29, 1.82) is 0 Å². The maximum atomic E-state index is 9.67. The van der Waals surface area contributed by atoms with Crippen molar-refractivity contribution in [3.05, 3.63) is 48.0 Å². The van der Waals surface area contributed by atoms with E-state index >= 15 is 0 Å². The molecule has 0 amide bonds. The van der Waals surface area contributed by atoms with E-state index in [0.29, 0.717) is 24.9 Å². The SMILES string of the molecule is CCOc1cc(CN=C(N)Nc2ccc(OC)cc2)ccc1O. The molecular formula is C17H21N3O3. The van der Waals surface area contributed by atoms with Crippen LogP contribution >= 0.6 is 0 Å². The fourth-order valence-corrected chi connectivity index (χ4v) is 1.97. The lowest BCUT2D eigenvalue weighted by Crippen LogP contribution is -2.22. The molecule has 0 fully saturated rings. The lowest BCUT2D eigenvalue weighted by molar-refractivity contribution is 0.318. The standard InChI is InChI=1S/C17H21N3O3/c1-3-23-16-10-12(4-9-15(16)21)11-19-17(18)20-13-5-7-14(22-2)8-6-13/h4-10,21H,3,11H2,1-2H3,(H3,18,19,20). The van der Waals surface area contributed by atoms with Gasteiger partial charge in [0.05, 0.1) is 20.3 Å². The summed E-state index contributed by atoms with van der Waals surface area (Å²) in [5.74, 6) is 1.64. The molecule has 6 nitrogen and oxygen atoms in total. The number of anilines is 1. The molecule has 0 saturated heterocycles. The van der Waals surface area contributed by atoms with Gasteiger partial charge < -0.3 is 25.6 Å². The van der Waals surface area contributed by atoms with Crippen LogP contribution in [0.25, 0.3) is 0 Å². The van der Waals surface area contributed by atoms with Gasteiger partial charge >= 0.3 is 0 Å². The number of guanidine groups is 1. The second kappa shape index (κ2) is 7.93. The van der Waals surface area contributed by atoms with Crippen LogP contribution in [0.3, 0.4) is 0 Å². The van der Waals surface area contributed by atoms with Crippen LogP contribution in [0.5, 0.6) is 17.2 Å². The third-order valence-corrected chi connectivity index (χ3v) is 3.12. The Morgan fingerprint density at radius 3 is 2.61 bits per heavy atom. The van der Waals surface area contributed by atoms with Gasteiger partial charge in [-0.15, -0.1) is 0 Å². The van der Waals surface area contributed by atoms with Crippen molar-refractivity contribution in [3.8, 4) is 17.2 Å². The van der Waals surface area contributed by atoms with Crippen molar-refractivity contribution in [2.24, 2.45) is 10.7 Å². The number of nitrogens with two attached hydrogens (primary N) is 1. The summed E-state index contributed by atoms with van der Waals surface area (Å²) in [6.07, 6.45) is 0. The molecule has 6 heteroatoms. The van der Waals surface area contributed by atoms with E-state index in [1.54, 1.807) is 25.3 Å². The maximum Gasteiger partial charge on any atom is 0.193 e. The summed E-state index contributed by atoms with van der Waals surface area (Å²) in [5, 5.41) is 12.7. The summed E-state index contributed by atoms with van der Waals surface area (Å²) >= 11 is 0. The lowest BCUT2D eigenvalue weighted by Gasteiger charge is -2.08. The van der Waals surface area contributed by atoms with E-state index in [4.69, 9.17) is 15.2 Å². The molecule has 0 heterocycles. The van der Waals surface area contributed by atoms with Crippen LogP contribution in [0.1, 0.15) is 12.5 Å². The lowest BCUT2D eigenvalue weighted by atomic mass is 10.2. The maximum absolute atomic E-state index is 9.67. The highest BCUT2D eigenvalue weighted by Crippen LogP contribution is 2.27. The molecule has 0 atom stereocenters. The fraction of sp³-hybridized carbons (Fsp3) is 0.235. The Balaban J connectivity index is 1.99. The van der Waals surface area contributed by atoms with E-state index in [-0.39, 0.29) is 5.75 Å². The highest BCUT2D eigenvalue weighted by molar-refractivity contribution is 5.92. The summed E-state index contributed by atoms with van der Waals surface area (Å²) in [4.78, 5) is 4.28. The van der Waals surface area contributed by atoms with Crippen molar-refractivity contribution < 1.29 is 14.6 Å². The molecule has 122 valence electrons. The van der Waals surface area contributed by atoms with E-state index in [9.17, 15) is 5.11 Å². The largest absolute Gasteiger partial charge is 0.504 e. The molecule has 2 rings (SSSR count). The van der Waals surface area contributed by atoms with E-state index in [0.717, 1.165) is 17.0 Å². The van der Waals surface area contributed by atoms with E-state index < -0.39 is 0 Å². The van der Waals surface area contributed by atoms with Crippen LogP contribution in [0.15, 0.2) is 47.5 Å². The fourth-order valence-electron chi connectivity index (χ4n) is 1.97. The first-order valence-corrected chi connectivity index (χ1v) is 7.28. The van der Waals surface area contributed by atoms with E-state index in [2.05, 4.69) is 10.3 Å². The number of ether oxygens (including phenoxy) is 2. The molecule has 2 aromatic rings. The molecule has 2 aromatic carbocycles. The Kier molecular flexibility index (Phi) is 5.68. The molecular weight excluding hydrogens is 294 g/mol. The molecule has 0 aliphatic rings. The monoisotopic (exact) mass is 315 g/mol. The Morgan fingerprint density at radius 1 is 1.22 bits per heavy atom. The number of rotatable bonds is 6. The minimum absolute atomic E-state index is 0.115. The molecule has 23 heavy (non-hydrogen) atoms. The number of aromatic hydroxyl groups is 1. The van der Waals surface area contributed by atoms with Crippen LogP contribution in [0, 0.1) is 0 Å². The van der Waals surface area contributed by atoms with E-state index in [1.165, 1.54) is 0 Å². The van der Waals surface area contributed by atoms with Crippen molar-refractivity contribution in [1.82, 2.24) is 0 Å². The first-order chi connectivity index (χ1) is 11.1. The van der Waals surface area contributed by atoms with Crippen molar-refractivity contribution in [2.45, 2.75) is 13.5 Å². The van der Waals surface area contributed by atoms with Crippen LogP contribution in [-0.2, 0) is 6.54 Å². The minimum atomic E-state index is 0.115. The van der Waals surface area contributed by atoms with Crippen LogP contribution in [-0.4, -0.2) is 24.8 Å². The Labute approximate surface area is 135 Å². The van der Waals surface area contributed by atoms with Crippen molar-refractivity contribution >= 4 is 11.6 Å². The number of aliphatic imine (C=N–C) groups is 1. The number of nitrogens with zero attached hydrogens (tertiary/aromatic N) is 1. The van der Waals surface area contributed by atoms with Gasteiger partial charge in [-0.05, 0) is 48.9 Å². The minimum Gasteiger partial charge on any atom is -0.504 e. The topological polar surface area (TPSA) is 89.1 Å². The summed E-state index contributed by atoms with van der Waals surface area (Å²) in [6.45, 7) is 2.73.